The Morgan fingerprint density at radius 3 is 2.46 bits per heavy atom. The molecule has 256 valence electrons. The van der Waals surface area contributed by atoms with Crippen molar-refractivity contribution >= 4 is 34.7 Å². The van der Waals surface area contributed by atoms with Gasteiger partial charge in [-0.15, -0.1) is 11.5 Å². The van der Waals surface area contributed by atoms with Gasteiger partial charge in [-0.2, -0.15) is 22.7 Å². The number of hydrogen-bond donors (Lipinski definition) is 1. The van der Waals surface area contributed by atoms with Crippen molar-refractivity contribution in [2.24, 2.45) is 0 Å². The van der Waals surface area contributed by atoms with Crippen LogP contribution in [0.3, 0.4) is 0 Å². The maximum atomic E-state index is 14.2. The van der Waals surface area contributed by atoms with E-state index in [0.29, 0.717) is 49.8 Å². The number of aromatic nitrogens is 4. The lowest BCUT2D eigenvalue weighted by molar-refractivity contribution is -0.137. The number of rotatable bonds is 6. The van der Waals surface area contributed by atoms with Crippen LogP contribution in [0.1, 0.15) is 82.4 Å². The topological polar surface area (TPSA) is 114 Å². The summed E-state index contributed by atoms with van der Waals surface area (Å²) >= 11 is 0. The van der Waals surface area contributed by atoms with E-state index in [9.17, 15) is 27.6 Å². The van der Waals surface area contributed by atoms with Crippen molar-refractivity contribution in [3.63, 3.8) is 0 Å². The van der Waals surface area contributed by atoms with Crippen molar-refractivity contribution in [1.29, 1.82) is 0 Å². The first-order valence-electron chi connectivity index (χ1n) is 16.1. The Hall–Kier alpha value is -4.80. The summed E-state index contributed by atoms with van der Waals surface area (Å²) in [5.41, 5.74) is -0.234. The number of benzene rings is 1. The van der Waals surface area contributed by atoms with Crippen molar-refractivity contribution in [3.8, 4) is 12.3 Å². The number of carbonyl (C=O) groups excluding carboxylic acids is 2. The van der Waals surface area contributed by atoms with E-state index in [-0.39, 0.29) is 23.6 Å². The zero-order valence-corrected chi connectivity index (χ0v) is 27.6. The number of hydrogen-bond acceptors (Lipinski definition) is 7. The zero-order valence-electron chi connectivity index (χ0n) is 27.6. The minimum atomic E-state index is -4.60. The van der Waals surface area contributed by atoms with Crippen molar-refractivity contribution in [2.45, 2.75) is 84.5 Å². The summed E-state index contributed by atoms with van der Waals surface area (Å²) < 4.78 is 48.2. The van der Waals surface area contributed by atoms with Gasteiger partial charge in [-0.25, -0.2) is 4.79 Å². The Kier molecular flexibility index (Phi) is 9.89. The Balaban J connectivity index is 1.53. The molecule has 3 aromatic rings. The van der Waals surface area contributed by atoms with E-state index in [0.717, 1.165) is 55.9 Å². The standard InChI is InChI=1S/C34H40F3N7O4/c1-6-22-20-24(34(35,36)37)14-15-25(22)38-27(45)21-43-26(7-2)28(41-16-18-42(19-17-41)32(47)48-33(3,4)5)30(46)44-31(43)39-29(40-44)23-12-10-8-9-11-13-23/h1,12,14-15,20H,7-11,13,16-19,21H2,2-5H3,(H,38,45). The SMILES string of the molecule is C#Cc1cc(C(F)(F)F)ccc1NC(=O)Cn1c(CC)c(N2CCN(C(=O)OC(C)(C)C)CC2)c(=O)n2nc(C3=CCCCCC3)nc12. The number of carbonyl (C=O) groups is 2. The molecular weight excluding hydrogens is 627 g/mol. The highest BCUT2D eigenvalue weighted by Gasteiger charge is 2.32. The number of alkyl halides is 3. The van der Waals surface area contributed by atoms with E-state index < -0.39 is 34.9 Å². The maximum absolute atomic E-state index is 14.2. The number of nitrogens with zero attached hydrogens (tertiary/aromatic N) is 6. The number of terminal acetylenes is 1. The van der Waals surface area contributed by atoms with E-state index >= 15 is 0 Å². The van der Waals surface area contributed by atoms with Crippen LogP contribution in [0, 0.1) is 12.3 Å². The summed E-state index contributed by atoms with van der Waals surface area (Å²) in [6.07, 6.45) is 7.62. The summed E-state index contributed by atoms with van der Waals surface area (Å²) in [4.78, 5) is 48.7. The maximum Gasteiger partial charge on any atom is 0.416 e. The summed E-state index contributed by atoms with van der Waals surface area (Å²) in [6, 6.07) is 2.79. The molecular formula is C34H40F3N7O4. The molecule has 0 unspecified atom stereocenters. The Morgan fingerprint density at radius 2 is 1.81 bits per heavy atom. The highest BCUT2D eigenvalue weighted by Crippen LogP contribution is 2.32. The fourth-order valence-electron chi connectivity index (χ4n) is 6.00. The molecule has 2 aliphatic rings. The highest BCUT2D eigenvalue weighted by atomic mass is 19.4. The number of fused-ring (bicyclic) bond motifs is 1. The minimum absolute atomic E-state index is 0.0508. The molecule has 1 aliphatic heterocycles. The number of nitrogens with one attached hydrogen (secondary N) is 1. The van der Waals surface area contributed by atoms with Gasteiger partial charge in [0.15, 0.2) is 5.82 Å². The van der Waals surface area contributed by atoms with Crippen molar-refractivity contribution < 1.29 is 27.5 Å². The molecule has 2 aromatic heterocycles. The zero-order chi connectivity index (χ0) is 34.8. The van der Waals surface area contributed by atoms with Gasteiger partial charge in [-0.3, -0.25) is 9.59 Å². The van der Waals surface area contributed by atoms with Crippen molar-refractivity contribution in [1.82, 2.24) is 24.1 Å². The molecule has 2 amide bonds. The molecule has 0 spiro atoms. The second-order valence-electron chi connectivity index (χ2n) is 12.9. The molecule has 5 rings (SSSR count). The molecule has 0 atom stereocenters. The summed E-state index contributed by atoms with van der Waals surface area (Å²) in [5.74, 6) is 2.23. The first kappa shape index (κ1) is 34.5. The van der Waals surface area contributed by atoms with Crippen LogP contribution in [-0.4, -0.2) is 67.8 Å². The fourth-order valence-corrected chi connectivity index (χ4v) is 6.00. The fraction of sp³-hybridized carbons (Fsp3) is 0.500. The molecule has 0 saturated carbocycles. The molecule has 0 radical (unpaired) electrons. The molecule has 1 aliphatic carbocycles. The predicted octanol–water partition coefficient (Wildman–Crippen LogP) is 5.50. The van der Waals surface area contributed by atoms with Gasteiger partial charge in [0.1, 0.15) is 17.8 Å². The number of allylic oxidation sites excluding steroid dienone is 2. The molecule has 1 saturated heterocycles. The molecule has 14 heteroatoms. The van der Waals surface area contributed by atoms with Gasteiger partial charge < -0.3 is 24.4 Å². The molecule has 1 N–H and O–H groups in total. The highest BCUT2D eigenvalue weighted by molar-refractivity contribution is 5.92. The number of ether oxygens (including phenoxy) is 1. The van der Waals surface area contributed by atoms with Crippen LogP contribution < -0.4 is 15.8 Å². The first-order valence-corrected chi connectivity index (χ1v) is 16.1. The van der Waals surface area contributed by atoms with Crippen molar-refractivity contribution in [2.75, 3.05) is 36.4 Å². The quantitative estimate of drug-likeness (QED) is 0.346. The second-order valence-corrected chi connectivity index (χ2v) is 12.9. The summed E-state index contributed by atoms with van der Waals surface area (Å²) in [7, 11) is 0. The van der Waals surface area contributed by atoms with Gasteiger partial charge in [0.2, 0.25) is 11.7 Å². The van der Waals surface area contributed by atoms with E-state index in [1.807, 2.05) is 11.8 Å². The van der Waals surface area contributed by atoms with Gasteiger partial charge in [-0.1, -0.05) is 25.3 Å². The predicted molar refractivity (Wildman–Crippen MR) is 176 cm³/mol. The van der Waals surface area contributed by atoms with Crippen LogP contribution in [0.4, 0.5) is 29.3 Å². The lowest BCUT2D eigenvalue weighted by Gasteiger charge is -2.37. The average Bonchev–Trinajstić information content (AvgIpc) is 3.29. The van der Waals surface area contributed by atoms with Gasteiger partial charge >= 0.3 is 12.3 Å². The Morgan fingerprint density at radius 1 is 1.08 bits per heavy atom. The summed E-state index contributed by atoms with van der Waals surface area (Å²) in [5, 5.41) is 7.28. The number of halogens is 3. The number of anilines is 2. The second kappa shape index (κ2) is 13.7. The van der Waals surface area contributed by atoms with E-state index in [1.54, 1.807) is 30.2 Å². The van der Waals surface area contributed by atoms with Gasteiger partial charge in [0.25, 0.3) is 5.56 Å². The third kappa shape index (κ3) is 7.50. The van der Waals surface area contributed by atoms with Crippen LogP contribution in [-0.2, 0) is 28.7 Å². The van der Waals surface area contributed by atoms with Gasteiger partial charge in [0.05, 0.1) is 16.9 Å². The monoisotopic (exact) mass is 667 g/mol. The van der Waals surface area contributed by atoms with Crippen LogP contribution in [0.5, 0.6) is 0 Å². The molecule has 1 fully saturated rings. The summed E-state index contributed by atoms with van der Waals surface area (Å²) in [6.45, 7) is 8.23. The van der Waals surface area contributed by atoms with Crippen LogP contribution in [0.2, 0.25) is 0 Å². The third-order valence-corrected chi connectivity index (χ3v) is 8.31. The lowest BCUT2D eigenvalue weighted by atomic mass is 10.1. The molecule has 3 heterocycles. The van der Waals surface area contributed by atoms with Gasteiger partial charge in [-0.05, 0) is 76.6 Å². The molecule has 11 nitrogen and oxygen atoms in total. The van der Waals surface area contributed by atoms with Crippen LogP contribution >= 0.6 is 0 Å². The van der Waals surface area contributed by atoms with Gasteiger partial charge in [0, 0.05) is 31.7 Å². The van der Waals surface area contributed by atoms with Crippen LogP contribution in [0.15, 0.2) is 29.1 Å². The number of amides is 2. The van der Waals surface area contributed by atoms with Crippen molar-refractivity contribution in [3.05, 3.63) is 57.3 Å². The number of piperazine rings is 1. The molecule has 48 heavy (non-hydrogen) atoms. The third-order valence-electron chi connectivity index (χ3n) is 8.31. The lowest BCUT2D eigenvalue weighted by Crippen LogP contribution is -2.51. The average molecular weight is 668 g/mol. The van der Waals surface area contributed by atoms with E-state index in [1.165, 1.54) is 4.52 Å². The smallest absolute Gasteiger partial charge is 0.416 e. The molecule has 1 aromatic carbocycles. The Bertz CT molecular complexity index is 1840. The normalized spacial score (nSPS) is 15.9. The van der Waals surface area contributed by atoms with Crippen LogP contribution in [0.25, 0.3) is 11.4 Å². The van der Waals surface area contributed by atoms with E-state index in [2.05, 4.69) is 22.4 Å². The largest absolute Gasteiger partial charge is 0.444 e. The van der Waals surface area contributed by atoms with E-state index in [4.69, 9.17) is 16.1 Å². The molecule has 0 bridgehead atoms. The Labute approximate surface area is 276 Å². The minimum Gasteiger partial charge on any atom is -0.444 e. The first-order chi connectivity index (χ1) is 22.7.